The monoisotopic (exact) mass is 469 g/mol. The molecule has 1 fully saturated rings. The van der Waals surface area contributed by atoms with Gasteiger partial charge >= 0.3 is 0 Å². The molecule has 150 valence electrons. The molecule has 1 aliphatic heterocycles. The van der Waals surface area contributed by atoms with Gasteiger partial charge in [-0.2, -0.15) is 0 Å². The van der Waals surface area contributed by atoms with Gasteiger partial charge in [-0.05, 0) is 74.8 Å². The van der Waals surface area contributed by atoms with E-state index in [0.717, 1.165) is 34.1 Å². The number of rotatable bonds is 6. The van der Waals surface area contributed by atoms with E-state index in [1.807, 2.05) is 18.3 Å². The minimum Gasteiger partial charge on any atom is -0.352 e. The molecule has 0 aliphatic carbocycles. The molecular weight excluding hydrogens is 446 g/mol. The Kier molecular flexibility index (Phi) is 5.99. The fraction of sp³-hybridized carbons (Fsp3) is 0.273. The van der Waals surface area contributed by atoms with Crippen molar-refractivity contribution in [1.29, 1.82) is 0 Å². The highest BCUT2D eigenvalue weighted by atomic mass is 79.9. The van der Waals surface area contributed by atoms with Crippen LogP contribution in [0.3, 0.4) is 0 Å². The minimum absolute atomic E-state index is 0.00467. The van der Waals surface area contributed by atoms with Gasteiger partial charge in [0.05, 0.1) is 17.8 Å². The van der Waals surface area contributed by atoms with Crippen molar-refractivity contribution >= 4 is 33.3 Å². The molecule has 0 amide bonds. The number of hydrogen-bond donors (Lipinski definition) is 1. The van der Waals surface area contributed by atoms with E-state index in [9.17, 15) is 0 Å². The van der Waals surface area contributed by atoms with Crippen LogP contribution in [0.15, 0.2) is 71.5 Å². The summed E-state index contributed by atoms with van der Waals surface area (Å²) in [5.41, 5.74) is 3.31. The Labute approximate surface area is 185 Å². The molecule has 0 spiro atoms. The SMILES string of the molecule is CN(C)CCN1C(=S)N[C@H](c2ccccn2)[C@H]1c1cccn1-c1ccc(Br)cc1. The van der Waals surface area contributed by atoms with E-state index in [2.05, 4.69) is 103 Å². The zero-order chi connectivity index (χ0) is 20.4. The number of halogens is 1. The molecule has 4 rings (SSSR count). The Hall–Kier alpha value is -2.22. The number of nitrogens with zero attached hydrogens (tertiary/aromatic N) is 4. The third-order valence-corrected chi connectivity index (χ3v) is 6.06. The highest BCUT2D eigenvalue weighted by Crippen LogP contribution is 2.39. The maximum Gasteiger partial charge on any atom is 0.170 e. The summed E-state index contributed by atoms with van der Waals surface area (Å²) < 4.78 is 3.31. The molecule has 1 aliphatic rings. The predicted octanol–water partition coefficient (Wildman–Crippen LogP) is 4.17. The second-order valence-corrected chi connectivity index (χ2v) is 8.71. The molecular formula is C22H24BrN5S. The van der Waals surface area contributed by atoms with Crippen molar-refractivity contribution in [3.8, 4) is 5.69 Å². The molecule has 2 aromatic heterocycles. The fourth-order valence-corrected chi connectivity index (χ4v) is 4.34. The van der Waals surface area contributed by atoms with Crippen LogP contribution in [0.5, 0.6) is 0 Å². The summed E-state index contributed by atoms with van der Waals surface area (Å²) in [5, 5.41) is 4.30. The molecule has 1 saturated heterocycles. The summed E-state index contributed by atoms with van der Waals surface area (Å²) in [5.74, 6) is 0. The van der Waals surface area contributed by atoms with E-state index in [-0.39, 0.29) is 12.1 Å². The summed E-state index contributed by atoms with van der Waals surface area (Å²) in [4.78, 5) is 9.10. The minimum atomic E-state index is -0.00467. The van der Waals surface area contributed by atoms with E-state index < -0.39 is 0 Å². The number of hydrogen-bond acceptors (Lipinski definition) is 3. The quantitative estimate of drug-likeness (QED) is 0.548. The van der Waals surface area contributed by atoms with Crippen LogP contribution in [-0.4, -0.2) is 51.6 Å². The van der Waals surface area contributed by atoms with E-state index in [4.69, 9.17) is 12.2 Å². The summed E-state index contributed by atoms with van der Waals surface area (Å²) in [7, 11) is 4.17. The van der Waals surface area contributed by atoms with Gasteiger partial charge in [0.25, 0.3) is 0 Å². The molecule has 1 aromatic carbocycles. The molecule has 5 nitrogen and oxygen atoms in total. The van der Waals surface area contributed by atoms with Gasteiger partial charge in [-0.25, -0.2) is 0 Å². The maximum atomic E-state index is 5.75. The lowest BCUT2D eigenvalue weighted by Crippen LogP contribution is -2.36. The Morgan fingerprint density at radius 1 is 1.10 bits per heavy atom. The van der Waals surface area contributed by atoms with Gasteiger partial charge in [0.1, 0.15) is 0 Å². The van der Waals surface area contributed by atoms with Crippen molar-refractivity contribution in [2.24, 2.45) is 0 Å². The highest BCUT2D eigenvalue weighted by molar-refractivity contribution is 9.10. The number of aromatic nitrogens is 2. The molecule has 29 heavy (non-hydrogen) atoms. The highest BCUT2D eigenvalue weighted by Gasteiger charge is 2.41. The fourth-order valence-electron chi connectivity index (χ4n) is 3.75. The molecule has 3 heterocycles. The Morgan fingerprint density at radius 2 is 1.90 bits per heavy atom. The molecule has 3 aromatic rings. The van der Waals surface area contributed by atoms with Gasteiger partial charge < -0.3 is 19.7 Å². The predicted molar refractivity (Wildman–Crippen MR) is 124 cm³/mol. The van der Waals surface area contributed by atoms with Crippen LogP contribution >= 0.6 is 28.1 Å². The normalized spacial score (nSPS) is 19.0. The van der Waals surface area contributed by atoms with Gasteiger partial charge in [-0.15, -0.1) is 0 Å². The van der Waals surface area contributed by atoms with Crippen LogP contribution in [-0.2, 0) is 0 Å². The Morgan fingerprint density at radius 3 is 2.59 bits per heavy atom. The van der Waals surface area contributed by atoms with Crippen LogP contribution in [0.1, 0.15) is 23.5 Å². The second kappa shape index (κ2) is 8.65. The molecule has 0 radical (unpaired) electrons. The number of thiocarbonyl (C=S) groups is 1. The van der Waals surface area contributed by atoms with Gasteiger partial charge in [0, 0.05) is 41.3 Å². The Balaban J connectivity index is 1.77. The third kappa shape index (κ3) is 4.22. The molecule has 0 unspecified atom stereocenters. The van der Waals surface area contributed by atoms with Gasteiger partial charge in [-0.1, -0.05) is 22.0 Å². The first kappa shape index (κ1) is 20.1. The van der Waals surface area contributed by atoms with Crippen LogP contribution in [0.4, 0.5) is 0 Å². The van der Waals surface area contributed by atoms with Crippen molar-refractivity contribution in [2.75, 3.05) is 27.2 Å². The molecule has 0 bridgehead atoms. The van der Waals surface area contributed by atoms with Gasteiger partial charge in [0.2, 0.25) is 0 Å². The topological polar surface area (TPSA) is 36.3 Å². The first-order valence-corrected chi connectivity index (χ1v) is 10.8. The maximum absolute atomic E-state index is 5.75. The van der Waals surface area contributed by atoms with Crippen LogP contribution in [0, 0.1) is 0 Å². The van der Waals surface area contributed by atoms with Crippen molar-refractivity contribution in [3.05, 3.63) is 82.9 Å². The van der Waals surface area contributed by atoms with Crippen LogP contribution < -0.4 is 5.32 Å². The summed E-state index contributed by atoms with van der Waals surface area (Å²) in [6.07, 6.45) is 3.95. The lowest BCUT2D eigenvalue weighted by Gasteiger charge is -2.29. The van der Waals surface area contributed by atoms with Gasteiger partial charge in [0.15, 0.2) is 5.11 Å². The zero-order valence-corrected chi connectivity index (χ0v) is 18.9. The van der Waals surface area contributed by atoms with E-state index >= 15 is 0 Å². The first-order valence-electron chi connectivity index (χ1n) is 9.60. The first-order chi connectivity index (χ1) is 14.0. The van der Waals surface area contributed by atoms with Crippen LogP contribution in [0.2, 0.25) is 0 Å². The largest absolute Gasteiger partial charge is 0.352 e. The third-order valence-electron chi connectivity index (χ3n) is 5.17. The van der Waals surface area contributed by atoms with E-state index in [0.29, 0.717) is 0 Å². The van der Waals surface area contributed by atoms with Crippen molar-refractivity contribution < 1.29 is 0 Å². The number of likely N-dealkylation sites (N-methyl/N-ethyl adjacent to an activating group) is 1. The van der Waals surface area contributed by atoms with E-state index in [1.165, 1.54) is 5.69 Å². The average molecular weight is 470 g/mol. The van der Waals surface area contributed by atoms with Crippen molar-refractivity contribution in [1.82, 2.24) is 24.7 Å². The summed E-state index contributed by atoms with van der Waals surface area (Å²) in [6, 6.07) is 18.7. The molecule has 1 N–H and O–H groups in total. The lowest BCUT2D eigenvalue weighted by molar-refractivity contribution is 0.272. The smallest absolute Gasteiger partial charge is 0.170 e. The Bertz CT molecular complexity index is 970. The zero-order valence-electron chi connectivity index (χ0n) is 16.5. The average Bonchev–Trinajstić information content (AvgIpc) is 3.32. The lowest BCUT2D eigenvalue weighted by atomic mass is 10.0. The second-order valence-electron chi connectivity index (χ2n) is 7.40. The molecule has 7 heteroatoms. The molecule has 2 atom stereocenters. The summed E-state index contributed by atoms with van der Waals surface area (Å²) >= 11 is 9.28. The standard InChI is InChI=1S/C22H24BrN5S/c1-26(2)14-15-28-21(20(25-22(28)29)18-6-3-4-12-24-18)19-7-5-13-27(19)17-10-8-16(23)9-11-17/h3-13,20-21H,14-15H2,1-2H3,(H,25,29)/t20-,21-/m1/s1. The van der Waals surface area contributed by atoms with E-state index in [1.54, 1.807) is 0 Å². The van der Waals surface area contributed by atoms with Crippen molar-refractivity contribution in [3.63, 3.8) is 0 Å². The van der Waals surface area contributed by atoms with Crippen molar-refractivity contribution in [2.45, 2.75) is 12.1 Å². The number of nitrogens with one attached hydrogen (secondary N) is 1. The number of benzene rings is 1. The van der Waals surface area contributed by atoms with Crippen LogP contribution in [0.25, 0.3) is 5.69 Å². The van der Waals surface area contributed by atoms with Gasteiger partial charge in [-0.3, -0.25) is 4.98 Å². The summed E-state index contributed by atoms with van der Waals surface area (Å²) in [6.45, 7) is 1.77. The molecule has 0 saturated carbocycles. The number of pyridine rings is 1.